The van der Waals surface area contributed by atoms with Crippen LogP contribution in [0.3, 0.4) is 0 Å². The summed E-state index contributed by atoms with van der Waals surface area (Å²) in [6.07, 6.45) is 7.86. The van der Waals surface area contributed by atoms with Gasteiger partial charge in [0.25, 0.3) is 0 Å². The van der Waals surface area contributed by atoms with Crippen molar-refractivity contribution in [3.05, 3.63) is 0 Å². The lowest BCUT2D eigenvalue weighted by molar-refractivity contribution is -0.0247. The summed E-state index contributed by atoms with van der Waals surface area (Å²) < 4.78 is 16.6. The second-order valence-electron chi connectivity index (χ2n) is 11.6. The Morgan fingerprint density at radius 1 is 0.528 bits per heavy atom. The highest BCUT2D eigenvalue weighted by Gasteiger charge is 2.16. The van der Waals surface area contributed by atoms with E-state index in [4.69, 9.17) is 14.2 Å². The van der Waals surface area contributed by atoms with Gasteiger partial charge >= 0.3 is 0 Å². The molecule has 0 amide bonds. The molecular weight excluding hydrogens is 452 g/mol. The molecule has 3 aliphatic heterocycles. The van der Waals surface area contributed by atoms with E-state index in [1.54, 1.807) is 0 Å². The van der Waals surface area contributed by atoms with E-state index in [2.05, 4.69) is 75.0 Å². The average molecular weight is 515 g/mol. The Morgan fingerprint density at radius 2 is 0.889 bits per heavy atom. The van der Waals surface area contributed by atoms with Crippen LogP contribution in [0.15, 0.2) is 0 Å². The maximum Gasteiger partial charge on any atom is 0.0994 e. The van der Waals surface area contributed by atoms with Crippen molar-refractivity contribution in [1.29, 1.82) is 0 Å². The van der Waals surface area contributed by atoms with Crippen molar-refractivity contribution in [2.45, 2.75) is 106 Å². The fraction of sp³-hybridized carbons (Fsp3) is 1.00. The minimum Gasteiger partial charge on any atom is -0.363 e. The van der Waals surface area contributed by atoms with Crippen LogP contribution in [-0.4, -0.2) is 117 Å². The topological polar surface area (TPSA) is 40.7 Å². The normalized spacial score (nSPS) is 21.4. The summed E-state index contributed by atoms with van der Waals surface area (Å²) >= 11 is 0. The summed E-state index contributed by atoms with van der Waals surface area (Å²) in [6.45, 7) is 30.3. The van der Waals surface area contributed by atoms with Crippen molar-refractivity contribution in [1.82, 2.24) is 19.6 Å². The maximum absolute atomic E-state index is 5.56. The molecule has 0 atom stereocenters. The third-order valence-corrected chi connectivity index (χ3v) is 7.01. The Labute approximate surface area is 224 Å². The summed E-state index contributed by atoms with van der Waals surface area (Å²) in [4.78, 5) is 9.65. The highest BCUT2D eigenvalue weighted by Crippen LogP contribution is 2.15. The van der Waals surface area contributed by atoms with E-state index in [9.17, 15) is 0 Å². The zero-order chi connectivity index (χ0) is 26.8. The Morgan fingerprint density at radius 3 is 1.28 bits per heavy atom. The van der Waals surface area contributed by atoms with Gasteiger partial charge in [-0.25, -0.2) is 0 Å². The minimum atomic E-state index is 0.351. The smallest absolute Gasteiger partial charge is 0.0994 e. The molecule has 3 fully saturated rings. The lowest BCUT2D eigenvalue weighted by Gasteiger charge is -2.33. The van der Waals surface area contributed by atoms with Crippen molar-refractivity contribution in [3.63, 3.8) is 0 Å². The molecule has 0 saturated carbocycles. The van der Waals surface area contributed by atoms with Gasteiger partial charge in [0.1, 0.15) is 0 Å². The molecule has 3 saturated heterocycles. The molecule has 36 heavy (non-hydrogen) atoms. The molecule has 0 aliphatic carbocycles. The third-order valence-electron chi connectivity index (χ3n) is 7.01. The number of likely N-dealkylation sites (N-methyl/N-ethyl adjacent to an activating group) is 1. The van der Waals surface area contributed by atoms with Crippen LogP contribution in [0.2, 0.25) is 0 Å². The summed E-state index contributed by atoms with van der Waals surface area (Å²) in [7, 11) is 0. The van der Waals surface area contributed by atoms with Gasteiger partial charge in [-0.3, -0.25) is 14.7 Å². The van der Waals surface area contributed by atoms with Gasteiger partial charge in [-0.2, -0.15) is 0 Å². The molecule has 3 aliphatic rings. The van der Waals surface area contributed by atoms with Gasteiger partial charge in [0.2, 0.25) is 0 Å². The van der Waals surface area contributed by atoms with E-state index in [-0.39, 0.29) is 0 Å². The van der Waals surface area contributed by atoms with Crippen molar-refractivity contribution < 1.29 is 14.2 Å². The molecule has 0 aromatic carbocycles. The zero-order valence-corrected chi connectivity index (χ0v) is 25.3. The highest BCUT2D eigenvalue weighted by atomic mass is 16.5. The summed E-state index contributed by atoms with van der Waals surface area (Å²) in [5, 5.41) is 0. The lowest BCUT2D eigenvalue weighted by atomic mass is 10.00. The van der Waals surface area contributed by atoms with Crippen molar-refractivity contribution in [3.8, 4) is 0 Å². The number of nitrogens with zero attached hydrogens (tertiary/aromatic N) is 4. The van der Waals surface area contributed by atoms with Crippen LogP contribution in [0.4, 0.5) is 0 Å². The van der Waals surface area contributed by atoms with Crippen LogP contribution < -0.4 is 0 Å². The Balaban J connectivity index is 0.000000271. The monoisotopic (exact) mass is 514 g/mol. The van der Waals surface area contributed by atoms with Crippen LogP contribution in [0.25, 0.3) is 0 Å². The van der Waals surface area contributed by atoms with Gasteiger partial charge in [0.15, 0.2) is 0 Å². The highest BCUT2D eigenvalue weighted by molar-refractivity contribution is 4.69. The summed E-state index contributed by atoms with van der Waals surface area (Å²) in [6, 6.07) is 0. The second-order valence-corrected chi connectivity index (χ2v) is 11.6. The second kappa shape index (κ2) is 20.7. The predicted molar refractivity (Wildman–Crippen MR) is 152 cm³/mol. The van der Waals surface area contributed by atoms with Crippen LogP contribution in [-0.2, 0) is 14.2 Å². The molecule has 0 spiro atoms. The zero-order valence-electron chi connectivity index (χ0n) is 25.3. The van der Waals surface area contributed by atoms with Gasteiger partial charge in [-0.1, -0.05) is 20.3 Å². The van der Waals surface area contributed by atoms with Crippen molar-refractivity contribution in [2.75, 3.05) is 79.1 Å². The molecule has 3 heterocycles. The Hall–Kier alpha value is -0.280. The molecule has 0 N–H and O–H groups in total. The van der Waals surface area contributed by atoms with E-state index >= 15 is 0 Å². The third kappa shape index (κ3) is 18.1. The molecule has 0 aromatic heterocycles. The van der Waals surface area contributed by atoms with Crippen molar-refractivity contribution >= 4 is 0 Å². The molecule has 216 valence electrons. The molecule has 0 aromatic rings. The molecule has 3 rings (SSSR count). The van der Waals surface area contributed by atoms with E-state index < -0.39 is 0 Å². The first-order chi connectivity index (χ1) is 17.2. The number of hydrogen-bond acceptors (Lipinski definition) is 7. The number of piperazine rings is 1. The number of piperidine rings is 2. The number of ether oxygens (including phenoxy) is 3. The van der Waals surface area contributed by atoms with Gasteiger partial charge in [-0.05, 0) is 79.7 Å². The number of likely N-dealkylation sites (tertiary alicyclic amines) is 2. The number of rotatable bonds is 10. The van der Waals surface area contributed by atoms with Crippen LogP contribution in [0, 0.1) is 5.92 Å². The Kier molecular flexibility index (Phi) is 19.4. The van der Waals surface area contributed by atoms with Gasteiger partial charge in [0.05, 0.1) is 38.5 Å². The predicted octanol–water partition coefficient (Wildman–Crippen LogP) is 4.96. The number of hydrogen-bond donors (Lipinski definition) is 0. The molecule has 7 heteroatoms. The fourth-order valence-corrected chi connectivity index (χ4v) is 4.28. The first kappa shape index (κ1) is 33.7. The van der Waals surface area contributed by atoms with E-state index in [1.807, 2.05) is 0 Å². The first-order valence-electron chi connectivity index (χ1n) is 14.9. The van der Waals surface area contributed by atoms with Crippen LogP contribution in [0.1, 0.15) is 87.5 Å². The van der Waals surface area contributed by atoms with E-state index in [0.29, 0.717) is 18.3 Å². The van der Waals surface area contributed by atoms with Crippen LogP contribution >= 0.6 is 0 Å². The minimum absolute atomic E-state index is 0.351. The largest absolute Gasteiger partial charge is 0.363 e. The quantitative estimate of drug-likeness (QED) is 0.408. The van der Waals surface area contributed by atoms with Gasteiger partial charge < -0.3 is 19.1 Å². The molecule has 7 nitrogen and oxygen atoms in total. The Bertz CT molecular complexity index is 485. The molecule has 0 radical (unpaired) electrons. The fourth-order valence-electron chi connectivity index (χ4n) is 4.28. The molecular formula is C29H62N4O3. The SMILES string of the molecule is CC(C)OCN1CCCCC1.CC1CCN(COC(C)C)CC1.CCN1CCN(COC(C)C)CC1. The van der Waals surface area contributed by atoms with E-state index in [0.717, 1.165) is 39.2 Å². The van der Waals surface area contributed by atoms with Crippen molar-refractivity contribution in [2.24, 2.45) is 5.92 Å². The van der Waals surface area contributed by atoms with Crippen LogP contribution in [0.5, 0.6) is 0 Å². The molecule has 0 bridgehead atoms. The van der Waals surface area contributed by atoms with Gasteiger partial charge in [-0.15, -0.1) is 0 Å². The summed E-state index contributed by atoms with van der Waals surface area (Å²) in [5.74, 6) is 0.917. The lowest BCUT2D eigenvalue weighted by Crippen LogP contribution is -2.47. The standard InChI is InChI=1S/C10H22N2O.C10H21NO.C9H19NO/c1-4-11-5-7-12(8-6-11)9-13-10(2)3;1-9(2)12-8-11-6-4-10(3)5-7-11;1-9(2)11-8-10-6-4-3-5-7-10/h10H,4-9H2,1-3H3;9-10H,4-8H2,1-3H3;9H,3-8H2,1-2H3. The summed E-state index contributed by atoms with van der Waals surface area (Å²) in [5.41, 5.74) is 0. The first-order valence-corrected chi connectivity index (χ1v) is 14.9. The maximum atomic E-state index is 5.56. The molecule has 0 unspecified atom stereocenters. The average Bonchev–Trinajstić information content (AvgIpc) is 2.87. The van der Waals surface area contributed by atoms with Gasteiger partial charge in [0, 0.05) is 52.4 Å². The van der Waals surface area contributed by atoms with E-state index in [1.165, 1.54) is 77.9 Å².